The quantitative estimate of drug-likeness (QED) is 0.917. The van der Waals surface area contributed by atoms with Crippen molar-refractivity contribution in [3.8, 4) is 5.75 Å². The number of carbonyl (C=O) groups excluding carboxylic acids is 1. The number of hydrogen-bond donors (Lipinski definition) is 1. The lowest BCUT2D eigenvalue weighted by molar-refractivity contribution is -0.129. The number of piperidine rings is 1. The molecule has 2 aromatic carbocycles. The molecule has 3 rings (SSSR count). The Bertz CT molecular complexity index is 693. The lowest BCUT2D eigenvalue weighted by Gasteiger charge is -2.30. The topological polar surface area (TPSA) is 41.6 Å². The first-order chi connectivity index (χ1) is 11.7. The van der Waals surface area contributed by atoms with E-state index in [1.54, 1.807) is 0 Å². The van der Waals surface area contributed by atoms with Gasteiger partial charge in [-0.3, -0.25) is 4.79 Å². The molecule has 1 N–H and O–H groups in total. The van der Waals surface area contributed by atoms with Crippen molar-refractivity contribution < 1.29 is 9.53 Å². The Balaban J connectivity index is 1.63. The van der Waals surface area contributed by atoms with Crippen molar-refractivity contribution in [1.82, 2.24) is 10.2 Å². The van der Waals surface area contributed by atoms with Crippen LogP contribution in [0.25, 0.3) is 10.8 Å². The Morgan fingerprint density at radius 2 is 1.92 bits per heavy atom. The van der Waals surface area contributed by atoms with E-state index in [1.165, 1.54) is 5.39 Å². The first-order valence-electron chi connectivity index (χ1n) is 8.80. The molecule has 1 fully saturated rings. The van der Waals surface area contributed by atoms with Gasteiger partial charge in [-0.1, -0.05) is 37.3 Å². The smallest absolute Gasteiger partial charge is 0.261 e. The number of fused-ring (bicyclic) bond motifs is 1. The second-order valence-electron chi connectivity index (χ2n) is 6.61. The fourth-order valence-corrected chi connectivity index (χ4v) is 3.17. The van der Waals surface area contributed by atoms with E-state index in [9.17, 15) is 4.79 Å². The summed E-state index contributed by atoms with van der Waals surface area (Å²) in [5, 5.41) is 5.46. The molecule has 1 amide bonds. The van der Waals surface area contributed by atoms with Crippen LogP contribution in [0.15, 0.2) is 42.5 Å². The van der Waals surface area contributed by atoms with Crippen LogP contribution in [-0.2, 0) is 4.79 Å². The first kappa shape index (κ1) is 16.8. The van der Waals surface area contributed by atoms with Gasteiger partial charge in [0.2, 0.25) is 0 Å². The van der Waals surface area contributed by atoms with Gasteiger partial charge in [0.05, 0.1) is 0 Å². The van der Waals surface area contributed by atoms with Gasteiger partial charge in [-0.05, 0) is 62.3 Å². The van der Waals surface area contributed by atoms with E-state index in [4.69, 9.17) is 4.74 Å². The van der Waals surface area contributed by atoms with Crippen LogP contribution in [0, 0.1) is 0 Å². The molecule has 24 heavy (non-hydrogen) atoms. The summed E-state index contributed by atoms with van der Waals surface area (Å²) in [5.41, 5.74) is 0. The summed E-state index contributed by atoms with van der Waals surface area (Å²) in [6.45, 7) is 4.06. The van der Waals surface area contributed by atoms with Crippen LogP contribution in [0.2, 0.25) is 0 Å². The van der Waals surface area contributed by atoms with Gasteiger partial charge in [-0.15, -0.1) is 0 Å². The van der Waals surface area contributed by atoms with Gasteiger partial charge < -0.3 is 15.0 Å². The zero-order chi connectivity index (χ0) is 16.9. The fraction of sp³-hybridized carbons (Fsp3) is 0.450. The summed E-state index contributed by atoms with van der Waals surface area (Å²) < 4.78 is 5.97. The van der Waals surface area contributed by atoms with Crippen LogP contribution in [0.3, 0.4) is 0 Å². The summed E-state index contributed by atoms with van der Waals surface area (Å²) in [5.74, 6) is 0.749. The molecule has 1 aliphatic heterocycles. The molecule has 0 unspecified atom stereocenters. The minimum absolute atomic E-state index is 0.000196. The van der Waals surface area contributed by atoms with Crippen LogP contribution < -0.4 is 10.1 Å². The molecule has 0 aromatic heterocycles. The highest BCUT2D eigenvalue weighted by molar-refractivity contribution is 5.84. The molecular weight excluding hydrogens is 300 g/mol. The Morgan fingerprint density at radius 1 is 1.21 bits per heavy atom. The Hall–Kier alpha value is -2.07. The van der Waals surface area contributed by atoms with Gasteiger partial charge in [0, 0.05) is 6.04 Å². The molecule has 0 radical (unpaired) electrons. The molecule has 1 heterocycles. The highest BCUT2D eigenvalue weighted by Gasteiger charge is 2.24. The van der Waals surface area contributed by atoms with Crippen molar-refractivity contribution in [2.24, 2.45) is 0 Å². The van der Waals surface area contributed by atoms with Crippen LogP contribution >= 0.6 is 0 Å². The number of rotatable bonds is 5. The Labute approximate surface area is 143 Å². The van der Waals surface area contributed by atoms with E-state index < -0.39 is 6.10 Å². The monoisotopic (exact) mass is 326 g/mol. The standard InChI is InChI=1S/C20H26N2O2/c1-3-19(20(23)21-17-10-12-22(2)13-11-17)24-18-9-8-15-6-4-5-7-16(15)14-18/h4-9,14,17,19H,3,10-13H2,1-2H3,(H,21,23)/t19-/m1/s1. The third-order valence-electron chi connectivity index (χ3n) is 4.73. The number of nitrogens with zero attached hydrogens (tertiary/aromatic N) is 1. The van der Waals surface area contributed by atoms with E-state index in [-0.39, 0.29) is 11.9 Å². The number of hydrogen-bond acceptors (Lipinski definition) is 3. The summed E-state index contributed by atoms with van der Waals surface area (Å²) in [6, 6.07) is 14.4. The summed E-state index contributed by atoms with van der Waals surface area (Å²) in [6.07, 6.45) is 2.24. The maximum absolute atomic E-state index is 12.5. The predicted octanol–water partition coefficient (Wildman–Crippen LogP) is 3.21. The van der Waals surface area contributed by atoms with E-state index in [1.807, 2.05) is 37.3 Å². The molecule has 1 saturated heterocycles. The molecule has 1 atom stereocenters. The average Bonchev–Trinajstić information content (AvgIpc) is 2.61. The van der Waals surface area contributed by atoms with Crippen molar-refractivity contribution in [3.05, 3.63) is 42.5 Å². The number of likely N-dealkylation sites (tertiary alicyclic amines) is 1. The first-order valence-corrected chi connectivity index (χ1v) is 8.80. The molecule has 1 aliphatic rings. The van der Waals surface area contributed by atoms with Crippen LogP contribution in [0.1, 0.15) is 26.2 Å². The zero-order valence-corrected chi connectivity index (χ0v) is 14.5. The lowest BCUT2D eigenvalue weighted by atomic mass is 10.1. The van der Waals surface area contributed by atoms with Gasteiger partial charge in [0.1, 0.15) is 5.75 Å². The highest BCUT2D eigenvalue weighted by atomic mass is 16.5. The van der Waals surface area contributed by atoms with Gasteiger partial charge in [-0.25, -0.2) is 0 Å². The second-order valence-corrected chi connectivity index (χ2v) is 6.61. The summed E-state index contributed by atoms with van der Waals surface area (Å²) >= 11 is 0. The highest BCUT2D eigenvalue weighted by Crippen LogP contribution is 2.22. The van der Waals surface area contributed by atoms with E-state index in [2.05, 4.69) is 29.4 Å². The molecular formula is C20H26N2O2. The Morgan fingerprint density at radius 3 is 2.62 bits per heavy atom. The number of benzene rings is 2. The molecule has 0 saturated carbocycles. The van der Waals surface area contributed by atoms with E-state index >= 15 is 0 Å². The summed E-state index contributed by atoms with van der Waals surface area (Å²) in [7, 11) is 2.12. The van der Waals surface area contributed by atoms with Crippen molar-refractivity contribution >= 4 is 16.7 Å². The SMILES string of the molecule is CC[C@@H](Oc1ccc2ccccc2c1)C(=O)NC1CCN(C)CC1. The average molecular weight is 326 g/mol. The zero-order valence-electron chi connectivity index (χ0n) is 14.5. The maximum Gasteiger partial charge on any atom is 0.261 e. The van der Waals surface area contributed by atoms with Gasteiger partial charge >= 0.3 is 0 Å². The number of carbonyl (C=O) groups is 1. The molecule has 0 aliphatic carbocycles. The van der Waals surface area contributed by atoms with Crippen molar-refractivity contribution in [2.75, 3.05) is 20.1 Å². The summed E-state index contributed by atoms with van der Waals surface area (Å²) in [4.78, 5) is 14.8. The minimum Gasteiger partial charge on any atom is -0.481 e. The van der Waals surface area contributed by atoms with Crippen molar-refractivity contribution in [3.63, 3.8) is 0 Å². The molecule has 128 valence electrons. The van der Waals surface area contributed by atoms with Crippen LogP contribution in [-0.4, -0.2) is 43.1 Å². The van der Waals surface area contributed by atoms with Crippen molar-refractivity contribution in [2.45, 2.75) is 38.3 Å². The number of ether oxygens (including phenoxy) is 1. The van der Waals surface area contributed by atoms with Crippen molar-refractivity contribution in [1.29, 1.82) is 0 Å². The van der Waals surface area contributed by atoms with Gasteiger partial charge in [0.25, 0.3) is 5.91 Å². The molecule has 0 spiro atoms. The van der Waals surface area contributed by atoms with Crippen LogP contribution in [0.5, 0.6) is 5.75 Å². The van der Waals surface area contributed by atoms with E-state index in [0.717, 1.165) is 37.1 Å². The third kappa shape index (κ3) is 4.06. The minimum atomic E-state index is -0.439. The lowest BCUT2D eigenvalue weighted by Crippen LogP contribution is -2.47. The van der Waals surface area contributed by atoms with Gasteiger partial charge in [-0.2, -0.15) is 0 Å². The Kier molecular flexibility index (Phi) is 5.36. The fourth-order valence-electron chi connectivity index (χ4n) is 3.17. The normalized spacial score (nSPS) is 17.6. The largest absolute Gasteiger partial charge is 0.481 e. The molecule has 4 heteroatoms. The molecule has 4 nitrogen and oxygen atoms in total. The van der Waals surface area contributed by atoms with Crippen LogP contribution in [0.4, 0.5) is 0 Å². The number of nitrogens with one attached hydrogen (secondary N) is 1. The molecule has 2 aromatic rings. The molecule has 0 bridgehead atoms. The van der Waals surface area contributed by atoms with E-state index in [0.29, 0.717) is 6.42 Å². The third-order valence-corrected chi connectivity index (χ3v) is 4.73. The van der Waals surface area contributed by atoms with Gasteiger partial charge in [0.15, 0.2) is 6.10 Å². The maximum atomic E-state index is 12.5. The second kappa shape index (κ2) is 7.67. The number of amides is 1. The predicted molar refractivity (Wildman–Crippen MR) is 97.3 cm³/mol.